The maximum atomic E-state index is 13.4. The highest BCUT2D eigenvalue weighted by molar-refractivity contribution is 7.09. The standard InChI is InChI=1S/C24H31ClN10O3S/c1-29-20(36)15(4-2-3-7-30-24(27)28)32-21(37)17-12-39-22(33-17)18-8-14(26)10-35(18)23(38)16-11-34-9-13(25)5-6-19(34)31-16/h5-6,9,11-12,14-15,18H,2-4,7-8,10,26H2,1H3,(H,29,36)(H,32,37)(H4,27,28,30)/t14-,15?,18+/m1/s1. The first-order chi connectivity index (χ1) is 18.7. The second-order valence-electron chi connectivity index (χ2n) is 9.26. The van der Waals surface area contributed by atoms with Gasteiger partial charge in [0.15, 0.2) is 5.96 Å². The number of imidazole rings is 1. The molecule has 4 rings (SSSR count). The molecule has 208 valence electrons. The molecule has 3 aromatic rings. The largest absolute Gasteiger partial charge is 0.370 e. The summed E-state index contributed by atoms with van der Waals surface area (Å²) in [5.74, 6) is -1.19. The van der Waals surface area contributed by atoms with Crippen LogP contribution in [0.15, 0.2) is 29.9 Å². The van der Waals surface area contributed by atoms with E-state index in [0.717, 1.165) is 0 Å². The molecule has 0 bridgehead atoms. The summed E-state index contributed by atoms with van der Waals surface area (Å²) in [6, 6.07) is 2.03. The number of fused-ring (bicyclic) bond motifs is 1. The first kappa shape index (κ1) is 28.3. The third kappa shape index (κ3) is 6.82. The van der Waals surface area contributed by atoms with Gasteiger partial charge in [-0.2, -0.15) is 0 Å². The lowest BCUT2D eigenvalue weighted by molar-refractivity contribution is -0.122. The number of hydrogen-bond donors (Lipinski definition) is 6. The number of rotatable bonds is 10. The molecule has 39 heavy (non-hydrogen) atoms. The average molecular weight is 575 g/mol. The second-order valence-corrected chi connectivity index (χ2v) is 10.6. The second kappa shape index (κ2) is 12.4. The molecular weight excluding hydrogens is 544 g/mol. The normalized spacial score (nSPS) is 17.7. The van der Waals surface area contributed by atoms with Crippen LogP contribution in [-0.2, 0) is 4.79 Å². The smallest absolute Gasteiger partial charge is 0.274 e. The highest BCUT2D eigenvalue weighted by Crippen LogP contribution is 2.34. The fraction of sp³-hybridized carbons (Fsp3) is 0.417. The Balaban J connectivity index is 1.43. The third-order valence-electron chi connectivity index (χ3n) is 6.37. The number of aromatic nitrogens is 3. The summed E-state index contributed by atoms with van der Waals surface area (Å²) in [7, 11) is 1.51. The molecule has 3 aromatic heterocycles. The molecule has 1 aliphatic heterocycles. The SMILES string of the molecule is CNC(=O)C(CCCCNC(=N)N)NC(=O)c1csc([C@@H]2C[C@@H](N)CN2C(=O)c2cn3cc(Cl)ccc3n2)n1. The van der Waals surface area contributed by atoms with Crippen LogP contribution in [0, 0.1) is 5.41 Å². The molecule has 3 amide bonds. The van der Waals surface area contributed by atoms with Gasteiger partial charge >= 0.3 is 0 Å². The minimum Gasteiger partial charge on any atom is -0.370 e. The summed E-state index contributed by atoms with van der Waals surface area (Å²) >= 11 is 7.32. The van der Waals surface area contributed by atoms with E-state index >= 15 is 0 Å². The average Bonchev–Trinajstić information content (AvgIpc) is 3.64. The highest BCUT2D eigenvalue weighted by atomic mass is 35.5. The molecule has 0 saturated carbocycles. The number of nitrogens with one attached hydrogen (secondary N) is 4. The van der Waals surface area contributed by atoms with Gasteiger partial charge in [0.05, 0.1) is 11.1 Å². The monoisotopic (exact) mass is 574 g/mol. The molecule has 4 heterocycles. The zero-order valence-corrected chi connectivity index (χ0v) is 22.9. The van der Waals surface area contributed by atoms with Crippen LogP contribution in [0.2, 0.25) is 5.02 Å². The summed E-state index contributed by atoms with van der Waals surface area (Å²) < 4.78 is 1.69. The van der Waals surface area contributed by atoms with Crippen LogP contribution in [0.25, 0.3) is 5.65 Å². The molecule has 0 spiro atoms. The molecule has 0 aliphatic carbocycles. The van der Waals surface area contributed by atoms with E-state index in [1.165, 1.54) is 18.4 Å². The molecule has 1 saturated heterocycles. The van der Waals surface area contributed by atoms with Gasteiger partial charge in [0.1, 0.15) is 28.1 Å². The van der Waals surface area contributed by atoms with Gasteiger partial charge in [-0.05, 0) is 37.8 Å². The van der Waals surface area contributed by atoms with E-state index in [1.807, 2.05) is 0 Å². The van der Waals surface area contributed by atoms with Crippen LogP contribution in [-0.4, -0.2) is 75.2 Å². The number of guanidine groups is 1. The number of nitrogens with zero attached hydrogens (tertiary/aromatic N) is 4. The van der Waals surface area contributed by atoms with Crippen molar-refractivity contribution in [3.63, 3.8) is 0 Å². The van der Waals surface area contributed by atoms with Crippen molar-refractivity contribution in [2.75, 3.05) is 20.1 Å². The van der Waals surface area contributed by atoms with E-state index in [-0.39, 0.29) is 35.2 Å². The van der Waals surface area contributed by atoms with Crippen LogP contribution in [0.3, 0.4) is 0 Å². The first-order valence-electron chi connectivity index (χ1n) is 12.4. The predicted octanol–water partition coefficient (Wildman–Crippen LogP) is 0.856. The lowest BCUT2D eigenvalue weighted by Crippen LogP contribution is -2.45. The molecule has 3 atom stereocenters. The number of likely N-dealkylation sites (N-methyl/N-ethyl adjacent to an activating group) is 1. The highest BCUT2D eigenvalue weighted by Gasteiger charge is 2.38. The van der Waals surface area contributed by atoms with Gasteiger partial charge < -0.3 is 36.7 Å². The number of likely N-dealkylation sites (tertiary alicyclic amines) is 1. The summed E-state index contributed by atoms with van der Waals surface area (Å²) in [6.45, 7) is 0.830. The summed E-state index contributed by atoms with van der Waals surface area (Å²) in [6.07, 6.45) is 5.51. The zero-order chi connectivity index (χ0) is 28.1. The van der Waals surface area contributed by atoms with Gasteiger partial charge in [-0.3, -0.25) is 19.8 Å². The Morgan fingerprint density at radius 3 is 2.77 bits per heavy atom. The maximum Gasteiger partial charge on any atom is 0.274 e. The van der Waals surface area contributed by atoms with Gasteiger partial charge in [-0.1, -0.05) is 11.6 Å². The van der Waals surface area contributed by atoms with Crippen molar-refractivity contribution in [2.45, 2.75) is 43.8 Å². The van der Waals surface area contributed by atoms with Crippen LogP contribution in [0.1, 0.15) is 57.7 Å². The quantitative estimate of drug-likeness (QED) is 0.116. The Hall–Kier alpha value is -3.75. The minimum atomic E-state index is -0.744. The van der Waals surface area contributed by atoms with E-state index in [2.05, 4.69) is 25.9 Å². The molecule has 0 radical (unpaired) electrons. The molecular formula is C24H31ClN10O3S. The Morgan fingerprint density at radius 2 is 2.03 bits per heavy atom. The molecule has 1 unspecified atom stereocenters. The lowest BCUT2D eigenvalue weighted by atomic mass is 10.1. The molecule has 0 aromatic carbocycles. The summed E-state index contributed by atoms with van der Waals surface area (Å²) in [5, 5.41) is 17.9. The van der Waals surface area contributed by atoms with E-state index in [1.54, 1.807) is 39.2 Å². The Labute approximate surface area is 233 Å². The fourth-order valence-electron chi connectivity index (χ4n) is 4.46. The van der Waals surface area contributed by atoms with Crippen molar-refractivity contribution >= 4 is 52.3 Å². The number of halogens is 1. The molecule has 1 aliphatic rings. The van der Waals surface area contributed by atoms with E-state index in [9.17, 15) is 14.4 Å². The van der Waals surface area contributed by atoms with Crippen LogP contribution >= 0.6 is 22.9 Å². The number of thiazole rings is 1. The molecule has 13 nitrogen and oxygen atoms in total. The van der Waals surface area contributed by atoms with Crippen molar-refractivity contribution in [2.24, 2.45) is 11.5 Å². The van der Waals surface area contributed by atoms with Crippen molar-refractivity contribution < 1.29 is 14.4 Å². The van der Waals surface area contributed by atoms with E-state index in [4.69, 9.17) is 28.5 Å². The molecule has 8 N–H and O–H groups in total. The van der Waals surface area contributed by atoms with E-state index in [0.29, 0.717) is 54.5 Å². The predicted molar refractivity (Wildman–Crippen MR) is 148 cm³/mol. The number of hydrogen-bond acceptors (Lipinski definition) is 8. The van der Waals surface area contributed by atoms with Gasteiger partial charge in [0.2, 0.25) is 5.91 Å². The van der Waals surface area contributed by atoms with Crippen LogP contribution in [0.4, 0.5) is 0 Å². The minimum absolute atomic E-state index is 0.114. The van der Waals surface area contributed by atoms with Crippen LogP contribution < -0.4 is 27.4 Å². The van der Waals surface area contributed by atoms with E-state index < -0.39 is 18.0 Å². The number of nitrogens with two attached hydrogens (primary N) is 2. The van der Waals surface area contributed by atoms with Gasteiger partial charge in [0.25, 0.3) is 11.8 Å². The number of pyridine rings is 1. The maximum absolute atomic E-state index is 13.4. The topological polar surface area (TPSA) is 197 Å². The number of amides is 3. The fourth-order valence-corrected chi connectivity index (χ4v) is 5.55. The first-order valence-corrected chi connectivity index (χ1v) is 13.7. The lowest BCUT2D eigenvalue weighted by Gasteiger charge is -2.22. The Morgan fingerprint density at radius 1 is 1.23 bits per heavy atom. The van der Waals surface area contributed by atoms with Gasteiger partial charge in [-0.15, -0.1) is 11.3 Å². The summed E-state index contributed by atoms with van der Waals surface area (Å²) in [4.78, 5) is 49.3. The van der Waals surface area contributed by atoms with Crippen molar-refractivity contribution in [3.8, 4) is 0 Å². The van der Waals surface area contributed by atoms with Gasteiger partial charge in [-0.25, -0.2) is 9.97 Å². The Kier molecular flexibility index (Phi) is 8.99. The third-order valence-corrected chi connectivity index (χ3v) is 7.54. The van der Waals surface area contributed by atoms with Crippen molar-refractivity contribution in [3.05, 3.63) is 51.3 Å². The Bertz CT molecular complexity index is 1380. The number of carbonyl (C=O) groups is 3. The van der Waals surface area contributed by atoms with Crippen molar-refractivity contribution in [1.82, 2.24) is 35.2 Å². The summed E-state index contributed by atoms with van der Waals surface area (Å²) in [5.41, 5.74) is 12.5. The van der Waals surface area contributed by atoms with Gasteiger partial charge in [0, 0.05) is 44.0 Å². The molecule has 1 fully saturated rings. The number of unbranched alkanes of at least 4 members (excludes halogenated alkanes) is 1. The zero-order valence-electron chi connectivity index (χ0n) is 21.3. The molecule has 15 heteroatoms. The number of carbonyl (C=O) groups excluding carboxylic acids is 3. The van der Waals surface area contributed by atoms with Crippen molar-refractivity contribution in [1.29, 1.82) is 5.41 Å². The van der Waals surface area contributed by atoms with Crippen LogP contribution in [0.5, 0.6) is 0 Å².